The second-order valence-electron chi connectivity index (χ2n) is 4.83. The maximum atomic E-state index is 13.5. The molecule has 0 aliphatic carbocycles. The highest BCUT2D eigenvalue weighted by atomic mass is 19.4. The monoisotopic (exact) mass is 326 g/mol. The maximum Gasteiger partial charge on any atom is 0.432 e. The molecule has 122 valence electrons. The highest BCUT2D eigenvalue weighted by molar-refractivity contribution is 5.91. The number of benzene rings is 1. The van der Waals surface area contributed by atoms with Crippen molar-refractivity contribution in [2.75, 3.05) is 6.61 Å². The van der Waals surface area contributed by atoms with Gasteiger partial charge in [-0.15, -0.1) is 0 Å². The molecule has 1 atom stereocenters. The van der Waals surface area contributed by atoms with E-state index in [1.165, 1.54) is 32.0 Å². The first-order chi connectivity index (χ1) is 10.7. The summed E-state index contributed by atoms with van der Waals surface area (Å²) in [5.74, 6) is -1.13. The van der Waals surface area contributed by atoms with Crippen LogP contribution in [-0.2, 0) is 15.7 Å². The summed E-state index contributed by atoms with van der Waals surface area (Å²) in [7, 11) is 0. The van der Waals surface area contributed by atoms with E-state index in [1.54, 1.807) is 0 Å². The molecule has 0 aliphatic rings. The molecular weight excluding hydrogens is 313 g/mol. The summed E-state index contributed by atoms with van der Waals surface area (Å²) in [5, 5.41) is 18.7. The van der Waals surface area contributed by atoms with E-state index < -0.39 is 29.4 Å². The van der Waals surface area contributed by atoms with Crippen LogP contribution in [0, 0.1) is 11.3 Å². The Bertz CT molecular complexity index is 803. The molecule has 0 fully saturated rings. The number of hydrogen-bond donors (Lipinski definition) is 1. The molecule has 5 nitrogen and oxygen atoms in total. The highest BCUT2D eigenvalue weighted by Gasteiger charge is 2.41. The smallest absolute Gasteiger partial charge is 0.432 e. The quantitative estimate of drug-likeness (QED) is 0.878. The first-order valence-corrected chi connectivity index (χ1v) is 6.73. The summed E-state index contributed by atoms with van der Waals surface area (Å²) < 4.78 is 45.8. The predicted octanol–water partition coefficient (Wildman–Crippen LogP) is 3.36. The predicted molar refractivity (Wildman–Crippen MR) is 74.7 cm³/mol. The van der Waals surface area contributed by atoms with Gasteiger partial charge >= 0.3 is 12.1 Å². The molecule has 23 heavy (non-hydrogen) atoms. The Balaban J connectivity index is 2.87. The van der Waals surface area contributed by atoms with Crippen LogP contribution in [0.3, 0.4) is 0 Å². The van der Waals surface area contributed by atoms with Gasteiger partial charge in [0.15, 0.2) is 0 Å². The van der Waals surface area contributed by atoms with Crippen molar-refractivity contribution in [2.24, 2.45) is 0 Å². The van der Waals surface area contributed by atoms with Crippen LogP contribution in [-0.4, -0.2) is 22.2 Å². The molecule has 1 unspecified atom stereocenters. The molecule has 2 aromatic rings. The summed E-state index contributed by atoms with van der Waals surface area (Å²) in [6.07, 6.45) is -4.85. The molecule has 0 saturated heterocycles. The van der Waals surface area contributed by atoms with Crippen molar-refractivity contribution in [3.63, 3.8) is 0 Å². The number of esters is 1. The molecule has 0 bridgehead atoms. The number of carbonyl (C=O) groups is 1. The molecule has 0 radical (unpaired) electrons. The molecule has 0 saturated carbocycles. The van der Waals surface area contributed by atoms with Gasteiger partial charge in [-0.25, -0.2) is 4.79 Å². The van der Waals surface area contributed by atoms with Crippen molar-refractivity contribution in [2.45, 2.75) is 26.1 Å². The van der Waals surface area contributed by atoms with Crippen molar-refractivity contribution < 1.29 is 27.8 Å². The lowest BCUT2D eigenvalue weighted by Crippen LogP contribution is -2.24. The molecule has 8 heteroatoms. The average molecular weight is 326 g/mol. The summed E-state index contributed by atoms with van der Waals surface area (Å²) in [6, 6.07) is 3.71. The summed E-state index contributed by atoms with van der Waals surface area (Å²) in [4.78, 5) is 11.9. The number of nitriles is 1. The molecule has 1 N–H and O–H groups in total. The average Bonchev–Trinajstić information content (AvgIpc) is 2.80. The zero-order valence-electron chi connectivity index (χ0n) is 12.3. The number of alkyl halides is 3. The van der Waals surface area contributed by atoms with Gasteiger partial charge in [-0.3, -0.25) is 0 Å². The van der Waals surface area contributed by atoms with E-state index >= 15 is 0 Å². The number of carbonyl (C=O) groups excluding carboxylic acids is 1. The third kappa shape index (κ3) is 2.82. The van der Waals surface area contributed by atoms with Crippen LogP contribution in [0.2, 0.25) is 0 Å². The van der Waals surface area contributed by atoms with Gasteiger partial charge in [0.25, 0.3) is 0 Å². The van der Waals surface area contributed by atoms with Gasteiger partial charge < -0.3 is 14.4 Å². The van der Waals surface area contributed by atoms with Crippen LogP contribution >= 0.6 is 0 Å². The molecule has 1 aromatic heterocycles. The van der Waals surface area contributed by atoms with Gasteiger partial charge in [0.2, 0.25) is 0 Å². The van der Waals surface area contributed by atoms with Gasteiger partial charge in [-0.2, -0.15) is 18.4 Å². The van der Waals surface area contributed by atoms with Crippen molar-refractivity contribution >= 4 is 16.9 Å². The van der Waals surface area contributed by atoms with Crippen LogP contribution in [0.4, 0.5) is 13.2 Å². The number of aromatic nitrogens is 1. The second-order valence-corrected chi connectivity index (χ2v) is 4.83. The zero-order chi connectivity index (χ0) is 17.4. The Kier molecular flexibility index (Phi) is 4.23. The number of ether oxygens (including phenoxy) is 1. The van der Waals surface area contributed by atoms with E-state index in [1.807, 2.05) is 0 Å². The Labute approximate surface area is 129 Å². The number of fused-ring (bicyclic) bond motifs is 1. The van der Waals surface area contributed by atoms with Gasteiger partial charge in [0.1, 0.15) is 23.6 Å². The van der Waals surface area contributed by atoms with Crippen LogP contribution < -0.4 is 0 Å². The van der Waals surface area contributed by atoms with Crippen molar-refractivity contribution in [3.05, 3.63) is 29.5 Å². The first kappa shape index (κ1) is 16.7. The Hall–Kier alpha value is -2.69. The van der Waals surface area contributed by atoms with E-state index in [2.05, 4.69) is 0 Å². The van der Waals surface area contributed by atoms with Gasteiger partial charge in [0.05, 0.1) is 17.7 Å². The molecule has 1 aromatic carbocycles. The molecule has 2 rings (SSSR count). The Morgan fingerprint density at radius 1 is 1.48 bits per heavy atom. The van der Waals surface area contributed by atoms with Crippen LogP contribution in [0.1, 0.15) is 31.1 Å². The number of aromatic hydroxyl groups is 1. The third-order valence-corrected chi connectivity index (χ3v) is 3.38. The summed E-state index contributed by atoms with van der Waals surface area (Å²) in [5.41, 5.74) is -1.89. The van der Waals surface area contributed by atoms with Gasteiger partial charge in [-0.1, -0.05) is 0 Å². The lowest BCUT2D eigenvalue weighted by molar-refractivity contribution is -0.151. The van der Waals surface area contributed by atoms with E-state index in [9.17, 15) is 23.1 Å². The number of rotatable bonds is 3. The number of hydrogen-bond acceptors (Lipinski definition) is 4. The second kappa shape index (κ2) is 5.83. The molecule has 0 spiro atoms. The fourth-order valence-electron chi connectivity index (χ4n) is 2.46. The molecule has 0 amide bonds. The number of phenolic OH excluding ortho intramolecular Hbond substituents is 1. The largest absolute Gasteiger partial charge is 0.508 e. The minimum atomic E-state index is -4.85. The molecule has 1 heterocycles. The van der Waals surface area contributed by atoms with E-state index in [0.29, 0.717) is 4.57 Å². The number of nitrogens with zero attached hydrogens (tertiary/aromatic N) is 2. The highest BCUT2D eigenvalue weighted by Crippen LogP contribution is 2.40. The van der Waals surface area contributed by atoms with Gasteiger partial charge in [-0.05, 0) is 26.0 Å². The fraction of sp³-hybridized carbons (Fsp3) is 0.333. The van der Waals surface area contributed by atoms with Crippen molar-refractivity contribution in [1.29, 1.82) is 5.26 Å². The minimum absolute atomic E-state index is 0.00812. The Morgan fingerprint density at radius 2 is 2.13 bits per heavy atom. The van der Waals surface area contributed by atoms with Crippen LogP contribution in [0.25, 0.3) is 10.9 Å². The third-order valence-electron chi connectivity index (χ3n) is 3.38. The number of halogens is 3. The lowest BCUT2D eigenvalue weighted by Gasteiger charge is -2.19. The van der Waals surface area contributed by atoms with Crippen LogP contribution in [0.15, 0.2) is 18.2 Å². The maximum absolute atomic E-state index is 13.5. The van der Waals surface area contributed by atoms with Crippen molar-refractivity contribution in [3.8, 4) is 11.8 Å². The van der Waals surface area contributed by atoms with Crippen LogP contribution in [0.5, 0.6) is 5.75 Å². The first-order valence-electron chi connectivity index (χ1n) is 6.73. The zero-order valence-corrected chi connectivity index (χ0v) is 12.3. The Morgan fingerprint density at radius 3 is 2.65 bits per heavy atom. The SMILES string of the molecule is CCOC(=O)C(C)n1c(C(F)(F)F)c(C#N)c2ccc(O)cc21. The standard InChI is InChI=1S/C15H13F3N2O3/c1-3-23-14(22)8(2)20-12-6-9(21)4-5-10(12)11(7-19)13(20)15(16,17)18/h4-6,8,21H,3H2,1-2H3. The normalized spacial score (nSPS) is 12.9. The molecular formula is C15H13F3N2O3. The summed E-state index contributed by atoms with van der Waals surface area (Å²) >= 11 is 0. The fourth-order valence-corrected chi connectivity index (χ4v) is 2.46. The van der Waals surface area contributed by atoms with Gasteiger partial charge in [0, 0.05) is 11.5 Å². The number of phenols is 1. The summed E-state index contributed by atoms with van der Waals surface area (Å²) in [6.45, 7) is 2.80. The topological polar surface area (TPSA) is 75.2 Å². The minimum Gasteiger partial charge on any atom is -0.508 e. The molecule has 0 aliphatic heterocycles. The van der Waals surface area contributed by atoms with E-state index in [0.717, 1.165) is 6.07 Å². The van der Waals surface area contributed by atoms with E-state index in [-0.39, 0.29) is 23.3 Å². The van der Waals surface area contributed by atoms with E-state index in [4.69, 9.17) is 10.00 Å². The lowest BCUT2D eigenvalue weighted by atomic mass is 10.1. The van der Waals surface area contributed by atoms with Crippen molar-refractivity contribution in [1.82, 2.24) is 4.57 Å².